The summed E-state index contributed by atoms with van der Waals surface area (Å²) in [5.41, 5.74) is -2.35. The molecule has 1 aromatic rings. The number of aryl methyl sites for hydroxylation is 1. The molecule has 1 aromatic carbocycles. The number of rotatable bonds is 5. The van der Waals surface area contributed by atoms with Gasteiger partial charge in [-0.1, -0.05) is 29.8 Å². The van der Waals surface area contributed by atoms with E-state index in [0.717, 1.165) is 5.56 Å². The van der Waals surface area contributed by atoms with Crippen molar-refractivity contribution in [2.24, 2.45) is 5.41 Å². The van der Waals surface area contributed by atoms with Gasteiger partial charge in [0.1, 0.15) is 5.60 Å². The number of ketones is 1. The SMILES string of the molecule is CCOC(=O)CC1=C(C(=O)c2ccc(C)cc2)C(C)(O)C(C#N)(C#N)C1. The van der Waals surface area contributed by atoms with Crippen molar-refractivity contribution in [2.75, 3.05) is 6.61 Å². The maximum atomic E-state index is 13.1. The van der Waals surface area contributed by atoms with Crippen molar-refractivity contribution in [3.63, 3.8) is 0 Å². The van der Waals surface area contributed by atoms with Gasteiger partial charge in [0.05, 0.1) is 25.2 Å². The molecule has 1 aliphatic rings. The predicted octanol–water partition coefficient (Wildman–Crippen LogP) is 2.62. The second kappa shape index (κ2) is 7.11. The van der Waals surface area contributed by atoms with E-state index in [0.29, 0.717) is 5.56 Å². The summed E-state index contributed by atoms with van der Waals surface area (Å²) in [6, 6.07) is 10.4. The monoisotopic (exact) mass is 352 g/mol. The Morgan fingerprint density at radius 2 is 1.81 bits per heavy atom. The van der Waals surface area contributed by atoms with Crippen molar-refractivity contribution >= 4 is 11.8 Å². The fraction of sp³-hybridized carbons (Fsp3) is 0.400. The summed E-state index contributed by atoms with van der Waals surface area (Å²) in [5.74, 6) is -1.07. The van der Waals surface area contributed by atoms with Crippen molar-refractivity contribution in [1.29, 1.82) is 10.5 Å². The Hall–Kier alpha value is -2.96. The second-order valence-corrected chi connectivity index (χ2v) is 6.53. The van der Waals surface area contributed by atoms with Crippen LogP contribution in [-0.2, 0) is 9.53 Å². The maximum absolute atomic E-state index is 13.1. The minimum atomic E-state index is -2.00. The van der Waals surface area contributed by atoms with E-state index >= 15 is 0 Å². The Morgan fingerprint density at radius 1 is 1.23 bits per heavy atom. The number of hydrogen-bond donors (Lipinski definition) is 1. The molecular weight excluding hydrogens is 332 g/mol. The molecule has 1 atom stereocenters. The molecule has 1 aliphatic carbocycles. The summed E-state index contributed by atoms with van der Waals surface area (Å²) < 4.78 is 4.93. The highest BCUT2D eigenvalue weighted by Crippen LogP contribution is 2.51. The highest BCUT2D eigenvalue weighted by Gasteiger charge is 2.59. The molecule has 1 N–H and O–H groups in total. The molecule has 0 aromatic heterocycles. The first-order valence-corrected chi connectivity index (χ1v) is 8.26. The fourth-order valence-corrected chi connectivity index (χ4v) is 3.23. The second-order valence-electron chi connectivity index (χ2n) is 6.53. The number of nitriles is 2. The molecule has 1 unspecified atom stereocenters. The fourth-order valence-electron chi connectivity index (χ4n) is 3.23. The van der Waals surface area contributed by atoms with Crippen LogP contribution in [0.25, 0.3) is 0 Å². The minimum absolute atomic E-state index is 0.0718. The molecule has 26 heavy (non-hydrogen) atoms. The molecule has 134 valence electrons. The molecule has 6 heteroatoms. The van der Waals surface area contributed by atoms with Crippen LogP contribution >= 0.6 is 0 Å². The van der Waals surface area contributed by atoms with Gasteiger partial charge in [-0.2, -0.15) is 10.5 Å². The summed E-state index contributed by atoms with van der Waals surface area (Å²) in [5, 5.41) is 30.0. The topological polar surface area (TPSA) is 111 Å². The first kappa shape index (κ1) is 19.4. The lowest BCUT2D eigenvalue weighted by Gasteiger charge is -2.30. The van der Waals surface area contributed by atoms with Crippen LogP contribution < -0.4 is 0 Å². The molecular formula is C20H20N2O4. The molecule has 0 radical (unpaired) electrons. The van der Waals surface area contributed by atoms with Crippen LogP contribution in [-0.4, -0.2) is 29.1 Å². The number of benzene rings is 1. The van der Waals surface area contributed by atoms with Gasteiger partial charge in [-0.25, -0.2) is 0 Å². The van der Waals surface area contributed by atoms with E-state index in [1.807, 2.05) is 19.1 Å². The molecule has 0 saturated heterocycles. The van der Waals surface area contributed by atoms with Crippen molar-refractivity contribution in [3.8, 4) is 12.1 Å². The number of esters is 1. The Labute approximate surface area is 152 Å². The third-order valence-electron chi connectivity index (χ3n) is 4.74. The van der Waals surface area contributed by atoms with Crippen LogP contribution in [0.3, 0.4) is 0 Å². The molecule has 0 aliphatic heterocycles. The van der Waals surface area contributed by atoms with Crippen molar-refractivity contribution in [2.45, 2.75) is 39.2 Å². The van der Waals surface area contributed by atoms with Gasteiger partial charge in [0, 0.05) is 17.6 Å². The molecule has 0 amide bonds. The standard InChI is InChI=1S/C20H20N2O4/c1-4-26-16(23)9-15-10-20(11-21,12-22)19(3,25)17(15)18(24)14-7-5-13(2)6-8-14/h5-8,25H,4,9-10H2,1-3H3. The van der Waals surface area contributed by atoms with Crippen LogP contribution in [0.15, 0.2) is 35.4 Å². The molecule has 0 fully saturated rings. The van der Waals surface area contributed by atoms with Crippen LogP contribution in [0.4, 0.5) is 0 Å². The van der Waals surface area contributed by atoms with Crippen molar-refractivity contribution in [3.05, 3.63) is 46.5 Å². The quantitative estimate of drug-likeness (QED) is 0.644. The lowest BCUT2D eigenvalue weighted by Crippen LogP contribution is -2.43. The number of aliphatic hydroxyl groups is 1. The molecule has 0 spiro atoms. The summed E-state index contributed by atoms with van der Waals surface area (Å²) >= 11 is 0. The highest BCUT2D eigenvalue weighted by molar-refractivity contribution is 6.11. The molecule has 0 saturated carbocycles. The summed E-state index contributed by atoms with van der Waals surface area (Å²) in [7, 11) is 0. The van der Waals surface area contributed by atoms with Gasteiger partial charge in [-0.3, -0.25) is 9.59 Å². The Bertz CT molecular complexity index is 837. The number of ether oxygens (including phenoxy) is 1. The van der Waals surface area contributed by atoms with E-state index in [-0.39, 0.29) is 30.6 Å². The summed E-state index contributed by atoms with van der Waals surface area (Å²) in [4.78, 5) is 25.0. The zero-order chi connectivity index (χ0) is 19.5. The van der Waals surface area contributed by atoms with E-state index in [1.54, 1.807) is 31.2 Å². The number of hydrogen-bond acceptors (Lipinski definition) is 6. The Morgan fingerprint density at radius 3 is 2.31 bits per heavy atom. The number of carbonyl (C=O) groups excluding carboxylic acids is 2. The van der Waals surface area contributed by atoms with Gasteiger partial charge in [-0.05, 0) is 26.3 Å². The Kier molecular flexibility index (Phi) is 5.30. The molecule has 0 bridgehead atoms. The van der Waals surface area contributed by atoms with Crippen LogP contribution in [0.2, 0.25) is 0 Å². The third kappa shape index (κ3) is 3.12. The van der Waals surface area contributed by atoms with Gasteiger partial charge in [0.25, 0.3) is 0 Å². The average Bonchev–Trinajstić information content (AvgIpc) is 2.81. The zero-order valence-corrected chi connectivity index (χ0v) is 15.0. The van der Waals surface area contributed by atoms with Gasteiger partial charge in [0.15, 0.2) is 11.2 Å². The third-order valence-corrected chi connectivity index (χ3v) is 4.74. The van der Waals surface area contributed by atoms with E-state index in [2.05, 4.69) is 0 Å². The minimum Gasteiger partial charge on any atom is -0.466 e. The van der Waals surface area contributed by atoms with Gasteiger partial charge in [-0.15, -0.1) is 0 Å². The van der Waals surface area contributed by atoms with E-state index in [1.165, 1.54) is 6.92 Å². The lowest BCUT2D eigenvalue weighted by atomic mass is 9.73. The number of carbonyl (C=O) groups is 2. The van der Waals surface area contributed by atoms with E-state index < -0.39 is 22.8 Å². The molecule has 6 nitrogen and oxygen atoms in total. The maximum Gasteiger partial charge on any atom is 0.309 e. The van der Waals surface area contributed by atoms with Crippen LogP contribution in [0, 0.1) is 35.0 Å². The van der Waals surface area contributed by atoms with Gasteiger partial charge < -0.3 is 9.84 Å². The van der Waals surface area contributed by atoms with Gasteiger partial charge >= 0.3 is 5.97 Å². The van der Waals surface area contributed by atoms with Gasteiger partial charge in [0.2, 0.25) is 0 Å². The average molecular weight is 352 g/mol. The number of nitrogens with zero attached hydrogens (tertiary/aromatic N) is 2. The predicted molar refractivity (Wildman–Crippen MR) is 92.7 cm³/mol. The zero-order valence-electron chi connectivity index (χ0n) is 15.0. The summed E-state index contributed by atoms with van der Waals surface area (Å²) in [6.07, 6.45) is -0.430. The van der Waals surface area contributed by atoms with Crippen LogP contribution in [0.5, 0.6) is 0 Å². The Balaban J connectivity index is 2.57. The van der Waals surface area contributed by atoms with Crippen molar-refractivity contribution in [1.82, 2.24) is 0 Å². The summed E-state index contributed by atoms with van der Waals surface area (Å²) in [6.45, 7) is 4.98. The molecule has 0 heterocycles. The normalized spacial score (nSPS) is 21.0. The van der Waals surface area contributed by atoms with E-state index in [9.17, 15) is 25.2 Å². The number of Topliss-reactive ketones (excluding diaryl/α,β-unsaturated/α-hetero) is 1. The van der Waals surface area contributed by atoms with Crippen LogP contribution in [0.1, 0.15) is 42.6 Å². The first-order valence-electron chi connectivity index (χ1n) is 8.26. The smallest absolute Gasteiger partial charge is 0.309 e. The molecule has 2 rings (SSSR count). The van der Waals surface area contributed by atoms with Crippen molar-refractivity contribution < 1.29 is 19.4 Å². The largest absolute Gasteiger partial charge is 0.466 e. The lowest BCUT2D eigenvalue weighted by molar-refractivity contribution is -0.142. The highest BCUT2D eigenvalue weighted by atomic mass is 16.5. The first-order chi connectivity index (χ1) is 12.2. The van der Waals surface area contributed by atoms with E-state index in [4.69, 9.17) is 4.74 Å².